The first-order valence-corrected chi connectivity index (χ1v) is 6.57. The lowest BCUT2D eigenvalue weighted by molar-refractivity contribution is -0.141. The quantitative estimate of drug-likeness (QED) is 0.698. The standard InChI is InChI=1S/C14H19N3O3/c1-20-13(18)11(15)8-16-14(19)17-12-7-6-9-4-2-3-5-10(9)12/h2-5,11-12H,6-8,15H2,1H3,(H2,16,17,19)/t11?,12-/m1/s1. The van der Waals surface area contributed by atoms with Crippen LogP contribution >= 0.6 is 0 Å². The van der Waals surface area contributed by atoms with Crippen molar-refractivity contribution in [2.45, 2.75) is 24.9 Å². The van der Waals surface area contributed by atoms with E-state index in [1.807, 2.05) is 18.2 Å². The monoisotopic (exact) mass is 277 g/mol. The number of esters is 1. The van der Waals surface area contributed by atoms with Crippen LogP contribution in [-0.2, 0) is 16.0 Å². The van der Waals surface area contributed by atoms with Crippen LogP contribution in [0.15, 0.2) is 24.3 Å². The normalized spacial score (nSPS) is 18.0. The topological polar surface area (TPSA) is 93.4 Å². The Morgan fingerprint density at radius 1 is 1.45 bits per heavy atom. The van der Waals surface area contributed by atoms with E-state index in [2.05, 4.69) is 21.4 Å². The van der Waals surface area contributed by atoms with Crippen molar-refractivity contribution in [2.75, 3.05) is 13.7 Å². The average Bonchev–Trinajstić information content (AvgIpc) is 2.87. The predicted octanol–water partition coefficient (Wildman–Crippen LogP) is 0.473. The third kappa shape index (κ3) is 3.27. The molecule has 1 aliphatic rings. The average molecular weight is 277 g/mol. The van der Waals surface area contributed by atoms with E-state index in [0.29, 0.717) is 0 Å². The minimum absolute atomic E-state index is 0.0144. The number of fused-ring (bicyclic) bond motifs is 1. The molecule has 0 saturated heterocycles. The minimum atomic E-state index is -0.846. The Morgan fingerprint density at radius 2 is 2.20 bits per heavy atom. The molecule has 0 radical (unpaired) electrons. The number of amides is 2. The van der Waals surface area contributed by atoms with Gasteiger partial charge >= 0.3 is 12.0 Å². The van der Waals surface area contributed by atoms with Gasteiger partial charge in [-0.3, -0.25) is 4.79 Å². The van der Waals surface area contributed by atoms with Crippen molar-refractivity contribution < 1.29 is 14.3 Å². The third-order valence-corrected chi connectivity index (χ3v) is 3.42. The lowest BCUT2D eigenvalue weighted by Crippen LogP contribution is -2.46. The zero-order valence-corrected chi connectivity index (χ0v) is 11.4. The summed E-state index contributed by atoms with van der Waals surface area (Å²) >= 11 is 0. The minimum Gasteiger partial charge on any atom is -0.468 e. The van der Waals surface area contributed by atoms with Crippen LogP contribution in [0.3, 0.4) is 0 Å². The Labute approximate surface area is 117 Å². The Bertz CT molecular complexity index is 504. The van der Waals surface area contributed by atoms with Crippen LogP contribution in [0.1, 0.15) is 23.6 Å². The van der Waals surface area contributed by atoms with Crippen LogP contribution in [0.2, 0.25) is 0 Å². The molecule has 0 fully saturated rings. The molecule has 1 aliphatic carbocycles. The summed E-state index contributed by atoms with van der Waals surface area (Å²) in [4.78, 5) is 22.9. The molecule has 2 atom stereocenters. The molecule has 4 N–H and O–H groups in total. The highest BCUT2D eigenvalue weighted by Gasteiger charge is 2.23. The smallest absolute Gasteiger partial charge is 0.324 e. The maximum Gasteiger partial charge on any atom is 0.324 e. The fraction of sp³-hybridized carbons (Fsp3) is 0.429. The number of aryl methyl sites for hydroxylation is 1. The molecule has 6 heteroatoms. The zero-order chi connectivity index (χ0) is 14.5. The Balaban J connectivity index is 1.83. The number of methoxy groups -OCH3 is 1. The molecule has 0 saturated carbocycles. The van der Waals surface area contributed by atoms with E-state index in [4.69, 9.17) is 5.73 Å². The molecule has 1 aromatic rings. The van der Waals surface area contributed by atoms with E-state index < -0.39 is 12.0 Å². The van der Waals surface area contributed by atoms with Crippen molar-refractivity contribution >= 4 is 12.0 Å². The SMILES string of the molecule is COC(=O)C(N)CNC(=O)N[C@@H]1CCc2ccccc21. The van der Waals surface area contributed by atoms with E-state index in [0.717, 1.165) is 18.4 Å². The van der Waals surface area contributed by atoms with Crippen molar-refractivity contribution in [3.05, 3.63) is 35.4 Å². The second-order valence-corrected chi connectivity index (χ2v) is 4.77. The Morgan fingerprint density at radius 3 is 2.95 bits per heavy atom. The number of rotatable bonds is 4. The highest BCUT2D eigenvalue weighted by atomic mass is 16.5. The van der Waals surface area contributed by atoms with Gasteiger partial charge in [-0.05, 0) is 24.0 Å². The lowest BCUT2D eigenvalue weighted by atomic mass is 10.1. The molecule has 1 aromatic carbocycles. The van der Waals surface area contributed by atoms with E-state index in [1.165, 1.54) is 12.7 Å². The molecule has 0 aromatic heterocycles. The summed E-state index contributed by atoms with van der Waals surface area (Å²) in [7, 11) is 1.26. The van der Waals surface area contributed by atoms with E-state index >= 15 is 0 Å². The summed E-state index contributed by atoms with van der Waals surface area (Å²) in [5, 5.41) is 5.47. The van der Waals surface area contributed by atoms with Gasteiger partial charge in [0.05, 0.1) is 13.2 Å². The molecule has 0 bridgehead atoms. The molecule has 0 heterocycles. The maximum atomic E-state index is 11.8. The number of carbonyl (C=O) groups is 2. The van der Waals surface area contributed by atoms with Crippen molar-refractivity contribution in [3.63, 3.8) is 0 Å². The van der Waals surface area contributed by atoms with Crippen molar-refractivity contribution in [2.24, 2.45) is 5.73 Å². The van der Waals surface area contributed by atoms with Crippen LogP contribution in [0.5, 0.6) is 0 Å². The fourth-order valence-electron chi connectivity index (χ4n) is 2.35. The summed E-state index contributed by atoms with van der Waals surface area (Å²) in [5.74, 6) is -0.545. The summed E-state index contributed by atoms with van der Waals surface area (Å²) in [6.45, 7) is 0.0485. The molecule has 0 aliphatic heterocycles. The number of nitrogens with two attached hydrogens (primary N) is 1. The number of ether oxygens (including phenoxy) is 1. The fourth-order valence-corrected chi connectivity index (χ4v) is 2.35. The van der Waals surface area contributed by atoms with Crippen LogP contribution in [0.4, 0.5) is 4.79 Å². The summed E-state index contributed by atoms with van der Waals surface area (Å²) < 4.78 is 4.49. The van der Waals surface area contributed by atoms with Gasteiger partial charge in [0.15, 0.2) is 0 Å². The molecule has 6 nitrogen and oxygen atoms in total. The number of urea groups is 1. The number of hydrogen-bond acceptors (Lipinski definition) is 4. The molecule has 2 rings (SSSR count). The summed E-state index contributed by atoms with van der Waals surface area (Å²) in [6.07, 6.45) is 1.85. The molecule has 1 unspecified atom stereocenters. The second-order valence-electron chi connectivity index (χ2n) is 4.77. The van der Waals surface area contributed by atoms with Gasteiger partial charge in [0.25, 0.3) is 0 Å². The highest BCUT2D eigenvalue weighted by Crippen LogP contribution is 2.30. The summed E-state index contributed by atoms with van der Waals surface area (Å²) in [5.41, 5.74) is 7.96. The molecule has 0 spiro atoms. The van der Waals surface area contributed by atoms with Gasteiger partial charge in [0.2, 0.25) is 0 Å². The van der Waals surface area contributed by atoms with Crippen molar-refractivity contribution in [1.29, 1.82) is 0 Å². The van der Waals surface area contributed by atoms with Gasteiger partial charge in [-0.15, -0.1) is 0 Å². The first kappa shape index (κ1) is 14.3. The zero-order valence-electron chi connectivity index (χ0n) is 11.4. The first-order valence-electron chi connectivity index (χ1n) is 6.57. The van der Waals surface area contributed by atoms with E-state index in [-0.39, 0.29) is 18.6 Å². The third-order valence-electron chi connectivity index (χ3n) is 3.42. The van der Waals surface area contributed by atoms with E-state index in [9.17, 15) is 9.59 Å². The van der Waals surface area contributed by atoms with Gasteiger partial charge < -0.3 is 21.1 Å². The Kier molecular flexibility index (Phi) is 4.57. The molecule has 2 amide bonds. The molecule has 108 valence electrons. The number of nitrogens with one attached hydrogen (secondary N) is 2. The Hall–Kier alpha value is -2.08. The van der Waals surface area contributed by atoms with Gasteiger partial charge in [0.1, 0.15) is 6.04 Å². The van der Waals surface area contributed by atoms with Crippen molar-refractivity contribution in [3.8, 4) is 0 Å². The van der Waals surface area contributed by atoms with Gasteiger partial charge in [-0.1, -0.05) is 24.3 Å². The van der Waals surface area contributed by atoms with E-state index in [1.54, 1.807) is 0 Å². The van der Waals surface area contributed by atoms with Gasteiger partial charge in [-0.2, -0.15) is 0 Å². The molecular formula is C14H19N3O3. The van der Waals surface area contributed by atoms with Gasteiger partial charge in [0, 0.05) is 6.54 Å². The van der Waals surface area contributed by atoms with Crippen LogP contribution < -0.4 is 16.4 Å². The first-order chi connectivity index (χ1) is 9.61. The molecular weight excluding hydrogens is 258 g/mol. The number of carbonyl (C=O) groups excluding carboxylic acids is 2. The summed E-state index contributed by atoms with van der Waals surface area (Å²) in [6, 6.07) is 6.89. The van der Waals surface area contributed by atoms with Crippen LogP contribution in [-0.4, -0.2) is 31.7 Å². The number of hydrogen-bond donors (Lipinski definition) is 3. The van der Waals surface area contributed by atoms with Crippen LogP contribution in [0.25, 0.3) is 0 Å². The number of benzene rings is 1. The van der Waals surface area contributed by atoms with Gasteiger partial charge in [-0.25, -0.2) is 4.79 Å². The highest BCUT2D eigenvalue weighted by molar-refractivity contribution is 5.78. The largest absolute Gasteiger partial charge is 0.468 e. The second kappa shape index (κ2) is 6.38. The van der Waals surface area contributed by atoms with Crippen LogP contribution in [0, 0.1) is 0 Å². The maximum absolute atomic E-state index is 11.8. The predicted molar refractivity (Wildman–Crippen MR) is 74.0 cm³/mol. The van der Waals surface area contributed by atoms with Crippen molar-refractivity contribution in [1.82, 2.24) is 10.6 Å². The molecule has 20 heavy (non-hydrogen) atoms. The lowest BCUT2D eigenvalue weighted by Gasteiger charge is -2.16.